The Labute approximate surface area is 60.5 Å². The summed E-state index contributed by atoms with van der Waals surface area (Å²) in [4.78, 5) is 0. The normalized spacial score (nSPS) is 12.0. The zero-order valence-corrected chi connectivity index (χ0v) is 6.51. The van der Waals surface area contributed by atoms with E-state index in [0.717, 1.165) is 0 Å². The second-order valence-corrected chi connectivity index (χ2v) is 3.25. The van der Waals surface area contributed by atoms with E-state index >= 15 is 0 Å². The molecule has 0 N–H and O–H groups in total. The summed E-state index contributed by atoms with van der Waals surface area (Å²) >= 11 is 0. The van der Waals surface area contributed by atoms with Crippen LogP contribution in [0, 0.1) is 6.92 Å². The Balaban J connectivity index is 2.96. The lowest BCUT2D eigenvalue weighted by Crippen LogP contribution is -2.11. The third-order valence-electron chi connectivity index (χ3n) is 1.11. The van der Waals surface area contributed by atoms with Gasteiger partial charge in [-0.2, -0.15) is 0 Å². The van der Waals surface area contributed by atoms with Crippen molar-refractivity contribution in [2.75, 3.05) is 0 Å². The summed E-state index contributed by atoms with van der Waals surface area (Å²) in [5.41, 5.74) is -0.0665. The van der Waals surface area contributed by atoms with Gasteiger partial charge in [-0.1, -0.05) is 20.8 Å². The van der Waals surface area contributed by atoms with Gasteiger partial charge in [-0.05, 0) is 0 Å². The van der Waals surface area contributed by atoms with Crippen LogP contribution >= 0.6 is 0 Å². The largest absolute Gasteiger partial charge is 0.425 e. The predicted molar refractivity (Wildman–Crippen MR) is 37.5 cm³/mol. The molecule has 1 heterocycles. The lowest BCUT2D eigenvalue weighted by molar-refractivity contribution is 0.385. The maximum absolute atomic E-state index is 5.11. The molecule has 0 atom stereocenters. The Morgan fingerprint density at radius 1 is 1.30 bits per heavy atom. The lowest BCUT2D eigenvalue weighted by atomic mass is 9.97. The van der Waals surface area contributed by atoms with Gasteiger partial charge in [0.05, 0.1) is 0 Å². The quantitative estimate of drug-likeness (QED) is 0.547. The fourth-order valence-corrected chi connectivity index (χ4v) is 0.557. The summed E-state index contributed by atoms with van der Waals surface area (Å²) < 4.78 is 5.11. The zero-order valence-electron chi connectivity index (χ0n) is 6.51. The van der Waals surface area contributed by atoms with Crippen molar-refractivity contribution >= 4 is 0 Å². The minimum Gasteiger partial charge on any atom is -0.425 e. The zero-order chi connectivity index (χ0) is 7.78. The number of rotatable bonds is 0. The van der Waals surface area contributed by atoms with Gasteiger partial charge in [0.25, 0.3) is 0 Å². The van der Waals surface area contributed by atoms with Crippen molar-refractivity contribution in [1.82, 2.24) is 10.2 Å². The molecule has 0 unspecified atom stereocenters. The van der Waals surface area contributed by atoms with Gasteiger partial charge in [-0.15, -0.1) is 10.2 Å². The highest BCUT2D eigenvalue weighted by Crippen LogP contribution is 2.19. The van der Waals surface area contributed by atoms with Crippen LogP contribution < -0.4 is 0 Å². The van der Waals surface area contributed by atoms with E-state index < -0.39 is 0 Å². The van der Waals surface area contributed by atoms with E-state index in [2.05, 4.69) is 17.1 Å². The molecular weight excluding hydrogens is 128 g/mol. The van der Waals surface area contributed by atoms with Gasteiger partial charge < -0.3 is 4.42 Å². The first-order valence-electron chi connectivity index (χ1n) is 3.16. The Morgan fingerprint density at radius 3 is 2.10 bits per heavy atom. The van der Waals surface area contributed by atoms with Crippen LogP contribution in [0.2, 0.25) is 0 Å². The van der Waals surface area contributed by atoms with Crippen LogP contribution in [-0.2, 0) is 5.41 Å². The Hall–Kier alpha value is -0.860. The number of hydrogen-bond donors (Lipinski definition) is 0. The molecule has 0 saturated carbocycles. The molecule has 3 nitrogen and oxygen atoms in total. The van der Waals surface area contributed by atoms with E-state index in [1.807, 2.05) is 20.8 Å². The fraction of sp³-hybridized carbons (Fsp3) is 0.571. The summed E-state index contributed by atoms with van der Waals surface area (Å²) in [7, 11) is 0. The predicted octanol–water partition coefficient (Wildman–Crippen LogP) is 1.55. The van der Waals surface area contributed by atoms with Crippen LogP contribution in [0.1, 0.15) is 32.6 Å². The van der Waals surface area contributed by atoms with E-state index in [4.69, 9.17) is 4.42 Å². The van der Waals surface area contributed by atoms with E-state index in [1.54, 1.807) is 0 Å². The molecule has 0 amide bonds. The topological polar surface area (TPSA) is 38.9 Å². The van der Waals surface area contributed by atoms with Gasteiger partial charge in [0.1, 0.15) is 0 Å². The molecule has 0 bridgehead atoms. The van der Waals surface area contributed by atoms with Gasteiger partial charge in [0, 0.05) is 12.3 Å². The molecule has 0 aliphatic carbocycles. The highest BCUT2D eigenvalue weighted by atomic mass is 16.4. The van der Waals surface area contributed by atoms with Crippen LogP contribution in [0.3, 0.4) is 0 Å². The Morgan fingerprint density at radius 2 is 1.90 bits per heavy atom. The third kappa shape index (κ3) is 1.35. The van der Waals surface area contributed by atoms with Gasteiger partial charge in [0.2, 0.25) is 11.8 Å². The summed E-state index contributed by atoms with van der Waals surface area (Å²) in [6.07, 6.45) is 0. The number of nitrogens with zero attached hydrogens (tertiary/aromatic N) is 2. The molecule has 1 radical (unpaired) electrons. The van der Waals surface area contributed by atoms with Crippen LogP contribution in [0.4, 0.5) is 0 Å². The minimum absolute atomic E-state index is 0.0665. The van der Waals surface area contributed by atoms with Crippen LogP contribution in [0.5, 0.6) is 0 Å². The third-order valence-corrected chi connectivity index (χ3v) is 1.11. The maximum atomic E-state index is 5.11. The molecule has 0 aliphatic rings. The first-order valence-corrected chi connectivity index (χ1v) is 3.16. The first-order chi connectivity index (χ1) is 4.50. The summed E-state index contributed by atoms with van der Waals surface area (Å²) in [5.74, 6) is 1.02. The summed E-state index contributed by atoms with van der Waals surface area (Å²) in [6.45, 7) is 9.56. The van der Waals surface area contributed by atoms with Gasteiger partial charge in [-0.3, -0.25) is 0 Å². The van der Waals surface area contributed by atoms with Gasteiger partial charge in [0.15, 0.2) is 0 Å². The first kappa shape index (κ1) is 7.25. The number of aromatic nitrogens is 2. The Bertz CT molecular complexity index is 222. The second-order valence-electron chi connectivity index (χ2n) is 3.25. The van der Waals surface area contributed by atoms with Gasteiger partial charge in [-0.25, -0.2) is 0 Å². The standard InChI is InChI=1S/C7H11N2O/c1-5-8-9-6(10-5)7(2,3)4/h1H2,2-4H3. The van der Waals surface area contributed by atoms with E-state index in [9.17, 15) is 0 Å². The van der Waals surface area contributed by atoms with E-state index in [0.29, 0.717) is 11.8 Å². The fourth-order valence-electron chi connectivity index (χ4n) is 0.557. The van der Waals surface area contributed by atoms with E-state index in [1.165, 1.54) is 0 Å². The van der Waals surface area contributed by atoms with Crippen molar-refractivity contribution < 1.29 is 4.42 Å². The smallest absolute Gasteiger partial charge is 0.221 e. The molecule has 0 aliphatic heterocycles. The van der Waals surface area contributed by atoms with Crippen LogP contribution in [0.25, 0.3) is 0 Å². The average molecular weight is 139 g/mol. The molecule has 0 fully saturated rings. The van der Waals surface area contributed by atoms with Crippen molar-refractivity contribution in [3.8, 4) is 0 Å². The van der Waals surface area contributed by atoms with E-state index in [-0.39, 0.29) is 5.41 Å². The monoisotopic (exact) mass is 139 g/mol. The summed E-state index contributed by atoms with van der Waals surface area (Å²) in [6, 6.07) is 0. The van der Waals surface area contributed by atoms with Crippen LogP contribution in [-0.4, -0.2) is 10.2 Å². The highest BCUT2D eigenvalue weighted by molar-refractivity contribution is 4.96. The maximum Gasteiger partial charge on any atom is 0.221 e. The molecule has 0 aromatic carbocycles. The molecule has 3 heteroatoms. The van der Waals surface area contributed by atoms with Crippen LogP contribution in [0.15, 0.2) is 4.42 Å². The average Bonchev–Trinajstić information content (AvgIpc) is 2.11. The summed E-state index contributed by atoms with van der Waals surface area (Å²) in [5, 5.41) is 7.46. The minimum atomic E-state index is -0.0665. The van der Waals surface area contributed by atoms with Crippen molar-refractivity contribution in [2.24, 2.45) is 0 Å². The lowest BCUT2D eigenvalue weighted by Gasteiger charge is -2.10. The number of hydrogen-bond acceptors (Lipinski definition) is 3. The van der Waals surface area contributed by atoms with Crippen molar-refractivity contribution in [1.29, 1.82) is 0 Å². The molecule has 0 spiro atoms. The molecule has 55 valence electrons. The molecule has 1 aromatic rings. The Kier molecular flexibility index (Phi) is 1.50. The molecule has 0 saturated heterocycles. The molecule has 1 aromatic heterocycles. The highest BCUT2D eigenvalue weighted by Gasteiger charge is 2.19. The van der Waals surface area contributed by atoms with Gasteiger partial charge >= 0.3 is 0 Å². The van der Waals surface area contributed by atoms with Crippen molar-refractivity contribution in [3.05, 3.63) is 18.7 Å². The van der Waals surface area contributed by atoms with Crippen molar-refractivity contribution in [3.63, 3.8) is 0 Å². The SMILES string of the molecule is [CH2]c1nnc(C(C)(C)C)o1. The molecule has 10 heavy (non-hydrogen) atoms. The molecule has 1 rings (SSSR count). The molecular formula is C7H11N2O. The second kappa shape index (κ2) is 2.08. The van der Waals surface area contributed by atoms with Crippen molar-refractivity contribution in [2.45, 2.75) is 26.2 Å².